The van der Waals surface area contributed by atoms with Gasteiger partial charge in [-0.25, -0.2) is 0 Å². The Labute approximate surface area is 186 Å². The zero-order chi connectivity index (χ0) is 22.2. The molecule has 0 bridgehead atoms. The SMILES string of the molecule is CCn1c2ccccc2c2cc(N=Nc3cc(CN(C)C)c(O)c4ncccc34)ccc21. The van der Waals surface area contributed by atoms with E-state index < -0.39 is 0 Å². The van der Waals surface area contributed by atoms with Crippen LogP contribution in [0.25, 0.3) is 32.7 Å². The smallest absolute Gasteiger partial charge is 0.146 e. The zero-order valence-electron chi connectivity index (χ0n) is 18.4. The maximum absolute atomic E-state index is 10.7. The molecule has 0 aliphatic carbocycles. The lowest BCUT2D eigenvalue weighted by Gasteiger charge is -2.13. The van der Waals surface area contributed by atoms with E-state index >= 15 is 0 Å². The van der Waals surface area contributed by atoms with Crippen LogP contribution in [0.3, 0.4) is 0 Å². The van der Waals surface area contributed by atoms with E-state index in [1.807, 2.05) is 43.3 Å². The summed E-state index contributed by atoms with van der Waals surface area (Å²) in [4.78, 5) is 6.38. The van der Waals surface area contributed by atoms with E-state index in [1.165, 1.54) is 21.8 Å². The van der Waals surface area contributed by atoms with Crippen LogP contribution < -0.4 is 0 Å². The molecule has 1 N–H and O–H groups in total. The van der Waals surface area contributed by atoms with Gasteiger partial charge in [0.1, 0.15) is 11.3 Å². The Kier molecular flexibility index (Phi) is 5.07. The van der Waals surface area contributed by atoms with Crippen molar-refractivity contribution in [1.82, 2.24) is 14.5 Å². The highest BCUT2D eigenvalue weighted by Gasteiger charge is 2.13. The van der Waals surface area contributed by atoms with E-state index in [0.717, 1.165) is 23.2 Å². The van der Waals surface area contributed by atoms with Gasteiger partial charge >= 0.3 is 0 Å². The normalized spacial score (nSPS) is 12.1. The van der Waals surface area contributed by atoms with Crippen LogP contribution in [0, 0.1) is 0 Å². The summed E-state index contributed by atoms with van der Waals surface area (Å²) in [5, 5.41) is 23.0. The first-order chi connectivity index (χ1) is 15.6. The number of pyridine rings is 1. The fraction of sp³-hybridized carbons (Fsp3) is 0.192. The second kappa shape index (κ2) is 8.05. The maximum atomic E-state index is 10.7. The molecule has 0 atom stereocenters. The number of azo groups is 1. The minimum atomic E-state index is 0.196. The van der Waals surface area contributed by atoms with E-state index in [-0.39, 0.29) is 5.75 Å². The summed E-state index contributed by atoms with van der Waals surface area (Å²) in [7, 11) is 3.93. The van der Waals surface area contributed by atoms with Crippen molar-refractivity contribution in [3.8, 4) is 5.75 Å². The number of rotatable bonds is 5. The molecule has 0 aliphatic heterocycles. The summed E-state index contributed by atoms with van der Waals surface area (Å²) in [5.74, 6) is 0.196. The predicted molar refractivity (Wildman–Crippen MR) is 130 cm³/mol. The Morgan fingerprint density at radius 2 is 1.69 bits per heavy atom. The third-order valence-corrected chi connectivity index (χ3v) is 5.76. The van der Waals surface area contributed by atoms with E-state index in [0.29, 0.717) is 17.7 Å². The predicted octanol–water partition coefficient (Wildman–Crippen LogP) is 6.55. The lowest BCUT2D eigenvalue weighted by Crippen LogP contribution is -2.10. The Morgan fingerprint density at radius 3 is 2.50 bits per heavy atom. The van der Waals surface area contributed by atoms with Crippen LogP contribution in [0.5, 0.6) is 5.75 Å². The fourth-order valence-electron chi connectivity index (χ4n) is 4.36. The molecule has 2 heterocycles. The molecule has 0 saturated carbocycles. The zero-order valence-corrected chi connectivity index (χ0v) is 18.4. The molecule has 160 valence electrons. The van der Waals surface area contributed by atoms with Crippen molar-refractivity contribution in [2.45, 2.75) is 20.0 Å². The average molecular weight is 424 g/mol. The van der Waals surface area contributed by atoms with Crippen molar-refractivity contribution in [1.29, 1.82) is 0 Å². The first-order valence-corrected chi connectivity index (χ1v) is 10.7. The van der Waals surface area contributed by atoms with Gasteiger partial charge in [-0.1, -0.05) is 18.2 Å². The minimum absolute atomic E-state index is 0.196. The number of hydrogen-bond acceptors (Lipinski definition) is 5. The van der Waals surface area contributed by atoms with Crippen molar-refractivity contribution in [3.63, 3.8) is 0 Å². The topological polar surface area (TPSA) is 66.0 Å². The van der Waals surface area contributed by atoms with E-state index in [4.69, 9.17) is 0 Å². The van der Waals surface area contributed by atoms with Crippen molar-refractivity contribution in [2.24, 2.45) is 10.2 Å². The molecule has 6 nitrogen and oxygen atoms in total. The summed E-state index contributed by atoms with van der Waals surface area (Å²) >= 11 is 0. The molecular weight excluding hydrogens is 398 g/mol. The summed E-state index contributed by atoms with van der Waals surface area (Å²) in [6.07, 6.45) is 1.68. The van der Waals surface area contributed by atoms with Crippen LogP contribution in [0.15, 0.2) is 77.1 Å². The van der Waals surface area contributed by atoms with Gasteiger partial charge < -0.3 is 14.6 Å². The number of nitrogens with zero attached hydrogens (tertiary/aromatic N) is 5. The molecule has 6 heteroatoms. The molecule has 0 saturated heterocycles. The van der Waals surface area contributed by atoms with E-state index in [2.05, 4.69) is 63.1 Å². The van der Waals surface area contributed by atoms with Crippen LogP contribution in [-0.2, 0) is 13.1 Å². The fourth-order valence-corrected chi connectivity index (χ4v) is 4.36. The number of fused-ring (bicyclic) bond motifs is 4. The Morgan fingerprint density at radius 1 is 0.906 bits per heavy atom. The third-order valence-electron chi connectivity index (χ3n) is 5.76. The summed E-state index contributed by atoms with van der Waals surface area (Å²) in [6, 6.07) is 20.3. The van der Waals surface area contributed by atoms with Crippen molar-refractivity contribution in [2.75, 3.05) is 14.1 Å². The van der Waals surface area contributed by atoms with Crippen LogP contribution in [-0.4, -0.2) is 33.7 Å². The second-order valence-electron chi connectivity index (χ2n) is 8.20. The molecule has 0 amide bonds. The van der Waals surface area contributed by atoms with Gasteiger partial charge in [0.15, 0.2) is 0 Å². The van der Waals surface area contributed by atoms with Gasteiger partial charge in [-0.3, -0.25) is 4.98 Å². The highest BCUT2D eigenvalue weighted by molar-refractivity contribution is 6.09. The average Bonchev–Trinajstić information content (AvgIpc) is 3.13. The Hall–Kier alpha value is -3.77. The molecule has 0 unspecified atom stereocenters. The van der Waals surface area contributed by atoms with E-state index in [1.54, 1.807) is 6.20 Å². The van der Waals surface area contributed by atoms with Crippen LogP contribution in [0.2, 0.25) is 0 Å². The molecule has 5 aromatic rings. The summed E-state index contributed by atoms with van der Waals surface area (Å²) in [6.45, 7) is 3.66. The van der Waals surface area contributed by atoms with Crippen LogP contribution in [0.4, 0.5) is 11.4 Å². The van der Waals surface area contributed by atoms with Crippen LogP contribution in [0.1, 0.15) is 12.5 Å². The lowest BCUT2D eigenvalue weighted by atomic mass is 10.1. The first-order valence-electron chi connectivity index (χ1n) is 10.7. The van der Waals surface area contributed by atoms with Gasteiger partial charge in [-0.15, -0.1) is 5.11 Å². The number of hydrogen-bond donors (Lipinski definition) is 1. The lowest BCUT2D eigenvalue weighted by molar-refractivity contribution is 0.387. The van der Waals surface area contributed by atoms with Gasteiger partial charge in [0, 0.05) is 52.0 Å². The number of aromatic nitrogens is 2. The van der Waals surface area contributed by atoms with Crippen LogP contribution >= 0.6 is 0 Å². The molecule has 0 radical (unpaired) electrons. The minimum Gasteiger partial charge on any atom is -0.505 e. The second-order valence-corrected chi connectivity index (χ2v) is 8.20. The third kappa shape index (κ3) is 3.39. The number of aromatic hydroxyl groups is 1. The van der Waals surface area contributed by atoms with Gasteiger partial charge in [-0.05, 0) is 63.5 Å². The molecule has 32 heavy (non-hydrogen) atoms. The van der Waals surface area contributed by atoms with Gasteiger partial charge in [0.25, 0.3) is 0 Å². The number of aryl methyl sites for hydroxylation is 1. The molecule has 0 fully saturated rings. The number of para-hydroxylation sites is 1. The van der Waals surface area contributed by atoms with Gasteiger partial charge in [0.05, 0.1) is 11.4 Å². The van der Waals surface area contributed by atoms with Crippen molar-refractivity contribution in [3.05, 3.63) is 72.4 Å². The highest BCUT2D eigenvalue weighted by Crippen LogP contribution is 2.37. The summed E-state index contributed by atoms with van der Waals surface area (Å²) < 4.78 is 2.32. The quantitative estimate of drug-likeness (QED) is 0.326. The molecular formula is C26H25N5O. The summed E-state index contributed by atoms with van der Waals surface area (Å²) in [5.41, 5.74) is 5.22. The number of phenols is 1. The van der Waals surface area contributed by atoms with Gasteiger partial charge in [0.2, 0.25) is 0 Å². The Balaban J connectivity index is 1.62. The number of phenolic OH excluding ortho intramolecular Hbond substituents is 1. The molecule has 0 aliphatic rings. The van der Waals surface area contributed by atoms with Crippen molar-refractivity contribution >= 4 is 44.1 Å². The highest BCUT2D eigenvalue weighted by atomic mass is 16.3. The van der Waals surface area contributed by atoms with E-state index in [9.17, 15) is 5.11 Å². The molecule has 3 aromatic carbocycles. The maximum Gasteiger partial charge on any atom is 0.146 e. The number of benzene rings is 3. The largest absolute Gasteiger partial charge is 0.505 e. The monoisotopic (exact) mass is 423 g/mol. The first kappa shape index (κ1) is 20.2. The molecule has 0 spiro atoms. The Bertz CT molecular complexity index is 1480. The molecule has 5 rings (SSSR count). The standard InChI is InChI=1S/C26H25N5O/c1-4-31-23-10-6-5-8-19(23)21-15-18(11-12-24(21)31)28-29-22-14-17(16-30(2)3)26(32)25-20(22)9-7-13-27-25/h5-15,32H,4,16H2,1-3H3. The molecule has 2 aromatic heterocycles. The van der Waals surface area contributed by atoms with Gasteiger partial charge in [-0.2, -0.15) is 5.11 Å². The van der Waals surface area contributed by atoms with Crippen molar-refractivity contribution < 1.29 is 5.11 Å².